The maximum atomic E-state index is 13.1. The van der Waals surface area contributed by atoms with Crippen molar-refractivity contribution in [3.05, 3.63) is 23.3 Å². The molecule has 0 amide bonds. The fourth-order valence-electron chi connectivity index (χ4n) is 3.24. The highest BCUT2D eigenvalue weighted by molar-refractivity contribution is 7.89. The lowest BCUT2D eigenvalue weighted by Crippen LogP contribution is -2.41. The SMILES string of the molecule is CCN(C1CCCCC1)S(=O)(=O)c1cc(N)cc(C)c1C. The average Bonchev–Trinajstić information content (AvgIpc) is 2.44. The Labute approximate surface area is 128 Å². The minimum atomic E-state index is -3.47. The molecular formula is C16H26N2O2S. The molecule has 0 aromatic heterocycles. The lowest BCUT2D eigenvalue weighted by Gasteiger charge is -2.33. The standard InChI is InChI=1S/C16H26N2O2S/c1-4-18(15-8-6-5-7-9-15)21(19,20)16-11-14(17)10-12(2)13(16)3/h10-11,15H,4-9,17H2,1-3H3. The summed E-state index contributed by atoms with van der Waals surface area (Å²) in [5.74, 6) is 0. The first kappa shape index (κ1) is 16.3. The van der Waals surface area contributed by atoms with Crippen LogP contribution in [0.3, 0.4) is 0 Å². The third-order valence-corrected chi connectivity index (χ3v) is 6.68. The molecule has 4 nitrogen and oxygen atoms in total. The van der Waals surface area contributed by atoms with Gasteiger partial charge in [0.15, 0.2) is 0 Å². The third kappa shape index (κ3) is 3.24. The topological polar surface area (TPSA) is 63.4 Å². The van der Waals surface area contributed by atoms with Crippen molar-refractivity contribution in [2.75, 3.05) is 12.3 Å². The number of nitrogen functional groups attached to an aromatic ring is 1. The van der Waals surface area contributed by atoms with E-state index in [1.807, 2.05) is 26.8 Å². The number of hydrogen-bond acceptors (Lipinski definition) is 3. The van der Waals surface area contributed by atoms with Crippen molar-refractivity contribution in [3.63, 3.8) is 0 Å². The number of hydrogen-bond donors (Lipinski definition) is 1. The van der Waals surface area contributed by atoms with E-state index >= 15 is 0 Å². The van der Waals surface area contributed by atoms with Crippen molar-refractivity contribution in [2.45, 2.75) is 63.8 Å². The number of rotatable bonds is 4. The smallest absolute Gasteiger partial charge is 0.243 e. The predicted octanol–water partition coefficient (Wildman–Crippen LogP) is 3.23. The first-order valence-corrected chi connectivity index (χ1v) is 9.20. The number of anilines is 1. The molecule has 1 aliphatic carbocycles. The van der Waals surface area contributed by atoms with Gasteiger partial charge in [-0.2, -0.15) is 4.31 Å². The van der Waals surface area contributed by atoms with Crippen LogP contribution in [0.1, 0.15) is 50.2 Å². The van der Waals surface area contributed by atoms with E-state index in [0.29, 0.717) is 17.1 Å². The molecule has 0 aliphatic heterocycles. The zero-order chi connectivity index (χ0) is 15.6. The van der Waals surface area contributed by atoms with Gasteiger partial charge in [-0.25, -0.2) is 8.42 Å². The monoisotopic (exact) mass is 310 g/mol. The highest BCUT2D eigenvalue weighted by Gasteiger charge is 2.32. The van der Waals surface area contributed by atoms with Crippen LogP contribution in [0, 0.1) is 13.8 Å². The molecule has 0 bridgehead atoms. The molecule has 0 radical (unpaired) electrons. The van der Waals surface area contributed by atoms with Crippen LogP contribution in [0.15, 0.2) is 17.0 Å². The summed E-state index contributed by atoms with van der Waals surface area (Å²) in [5, 5.41) is 0. The second-order valence-electron chi connectivity index (χ2n) is 5.96. The first-order chi connectivity index (χ1) is 9.87. The molecule has 0 heterocycles. The maximum absolute atomic E-state index is 13.1. The van der Waals surface area contributed by atoms with Gasteiger partial charge in [-0.15, -0.1) is 0 Å². The van der Waals surface area contributed by atoms with E-state index in [4.69, 9.17) is 5.73 Å². The van der Waals surface area contributed by atoms with Gasteiger partial charge in [0.1, 0.15) is 0 Å². The molecule has 0 saturated heterocycles. The quantitative estimate of drug-likeness (QED) is 0.868. The van der Waals surface area contributed by atoms with E-state index in [-0.39, 0.29) is 6.04 Å². The fraction of sp³-hybridized carbons (Fsp3) is 0.625. The Morgan fingerprint density at radius 2 is 1.81 bits per heavy atom. The van der Waals surface area contributed by atoms with Gasteiger partial charge in [-0.1, -0.05) is 26.2 Å². The van der Waals surface area contributed by atoms with Gasteiger partial charge >= 0.3 is 0 Å². The van der Waals surface area contributed by atoms with Crippen molar-refractivity contribution in [2.24, 2.45) is 0 Å². The van der Waals surface area contributed by atoms with Crippen molar-refractivity contribution in [3.8, 4) is 0 Å². The number of nitrogens with two attached hydrogens (primary N) is 1. The molecule has 1 aromatic carbocycles. The molecule has 1 saturated carbocycles. The molecule has 1 aromatic rings. The van der Waals surface area contributed by atoms with Gasteiger partial charge in [0, 0.05) is 18.3 Å². The Kier molecular flexibility index (Phi) is 4.94. The predicted molar refractivity (Wildman–Crippen MR) is 86.8 cm³/mol. The van der Waals surface area contributed by atoms with Gasteiger partial charge in [-0.05, 0) is 49.9 Å². The molecule has 118 valence electrons. The minimum absolute atomic E-state index is 0.134. The van der Waals surface area contributed by atoms with Gasteiger partial charge in [-0.3, -0.25) is 0 Å². The lowest BCUT2D eigenvalue weighted by atomic mass is 9.95. The summed E-state index contributed by atoms with van der Waals surface area (Å²) in [7, 11) is -3.47. The van der Waals surface area contributed by atoms with Crippen LogP contribution in [0.5, 0.6) is 0 Å². The summed E-state index contributed by atoms with van der Waals surface area (Å²) < 4.78 is 27.8. The molecule has 2 N–H and O–H groups in total. The maximum Gasteiger partial charge on any atom is 0.243 e. The summed E-state index contributed by atoms with van der Waals surface area (Å²) in [6, 6.07) is 3.56. The summed E-state index contributed by atoms with van der Waals surface area (Å²) in [6.07, 6.45) is 5.38. The number of aryl methyl sites for hydroxylation is 1. The summed E-state index contributed by atoms with van der Waals surface area (Å²) in [4.78, 5) is 0.368. The van der Waals surface area contributed by atoms with E-state index in [9.17, 15) is 8.42 Å². The Morgan fingerprint density at radius 3 is 2.38 bits per heavy atom. The molecular weight excluding hydrogens is 284 g/mol. The highest BCUT2D eigenvalue weighted by atomic mass is 32.2. The van der Waals surface area contributed by atoms with Gasteiger partial charge in [0.2, 0.25) is 10.0 Å². The number of sulfonamides is 1. The summed E-state index contributed by atoms with van der Waals surface area (Å²) in [5.41, 5.74) is 8.10. The van der Waals surface area contributed by atoms with E-state index < -0.39 is 10.0 Å². The normalized spacial score (nSPS) is 17.3. The minimum Gasteiger partial charge on any atom is -0.399 e. The largest absolute Gasteiger partial charge is 0.399 e. The zero-order valence-electron chi connectivity index (χ0n) is 13.2. The van der Waals surface area contributed by atoms with Crippen LogP contribution in [-0.2, 0) is 10.0 Å². The van der Waals surface area contributed by atoms with Crippen molar-refractivity contribution in [1.29, 1.82) is 0 Å². The first-order valence-electron chi connectivity index (χ1n) is 7.76. The molecule has 2 rings (SSSR count). The molecule has 5 heteroatoms. The van der Waals surface area contributed by atoms with Crippen molar-refractivity contribution >= 4 is 15.7 Å². The van der Waals surface area contributed by atoms with E-state index in [0.717, 1.165) is 36.8 Å². The third-order valence-electron chi connectivity index (χ3n) is 4.52. The van der Waals surface area contributed by atoms with Crippen LogP contribution >= 0.6 is 0 Å². The highest BCUT2D eigenvalue weighted by Crippen LogP contribution is 2.30. The molecule has 0 atom stereocenters. The second-order valence-corrected chi connectivity index (χ2v) is 7.82. The second kappa shape index (κ2) is 6.36. The van der Waals surface area contributed by atoms with E-state index in [1.54, 1.807) is 10.4 Å². The molecule has 0 unspecified atom stereocenters. The number of benzene rings is 1. The Hall–Kier alpha value is -1.07. The van der Waals surface area contributed by atoms with Gasteiger partial charge in [0.25, 0.3) is 0 Å². The van der Waals surface area contributed by atoms with Gasteiger partial charge < -0.3 is 5.73 Å². The average molecular weight is 310 g/mol. The van der Waals surface area contributed by atoms with Gasteiger partial charge in [0.05, 0.1) is 4.90 Å². The summed E-state index contributed by atoms with van der Waals surface area (Å²) in [6.45, 7) is 6.19. The van der Waals surface area contributed by atoms with E-state index in [2.05, 4.69) is 0 Å². The molecule has 0 spiro atoms. The van der Waals surface area contributed by atoms with Crippen LogP contribution in [0.2, 0.25) is 0 Å². The van der Waals surface area contributed by atoms with Crippen LogP contribution in [0.4, 0.5) is 5.69 Å². The Balaban J connectivity index is 2.44. The van der Waals surface area contributed by atoms with Crippen LogP contribution < -0.4 is 5.73 Å². The Bertz CT molecular complexity index is 605. The molecule has 1 aliphatic rings. The molecule has 21 heavy (non-hydrogen) atoms. The Morgan fingerprint density at radius 1 is 1.19 bits per heavy atom. The number of nitrogens with zero attached hydrogens (tertiary/aromatic N) is 1. The van der Waals surface area contributed by atoms with E-state index in [1.165, 1.54) is 6.42 Å². The zero-order valence-corrected chi connectivity index (χ0v) is 14.0. The fourth-order valence-corrected chi connectivity index (χ4v) is 5.27. The summed E-state index contributed by atoms with van der Waals surface area (Å²) >= 11 is 0. The van der Waals surface area contributed by atoms with Crippen molar-refractivity contribution in [1.82, 2.24) is 4.31 Å². The molecule has 1 fully saturated rings. The van der Waals surface area contributed by atoms with Crippen molar-refractivity contribution < 1.29 is 8.42 Å². The van der Waals surface area contributed by atoms with Crippen LogP contribution in [0.25, 0.3) is 0 Å². The van der Waals surface area contributed by atoms with Crippen LogP contribution in [-0.4, -0.2) is 25.3 Å². The lowest BCUT2D eigenvalue weighted by molar-refractivity contribution is 0.261.